The van der Waals surface area contributed by atoms with Crippen LogP contribution in [0.15, 0.2) is 12.1 Å². The van der Waals surface area contributed by atoms with Crippen LogP contribution < -0.4 is 4.74 Å². The third-order valence-electron chi connectivity index (χ3n) is 5.51. The highest BCUT2D eigenvalue weighted by Crippen LogP contribution is 2.37. The van der Waals surface area contributed by atoms with Gasteiger partial charge in [0, 0.05) is 18.0 Å². The minimum Gasteiger partial charge on any atom is -0.493 e. The van der Waals surface area contributed by atoms with Crippen molar-refractivity contribution in [3.05, 3.63) is 28.8 Å². The van der Waals surface area contributed by atoms with Gasteiger partial charge in [0.1, 0.15) is 5.75 Å². The zero-order valence-electron chi connectivity index (χ0n) is 14.1. The number of hydrogen-bond donors (Lipinski definition) is 1. The van der Waals surface area contributed by atoms with Crippen molar-refractivity contribution in [2.24, 2.45) is 11.8 Å². The number of hydrogen-bond acceptors (Lipinski definition) is 3. The molecule has 0 spiro atoms. The highest BCUT2D eigenvalue weighted by atomic mass is 16.5. The van der Waals surface area contributed by atoms with E-state index in [2.05, 4.69) is 37.8 Å². The van der Waals surface area contributed by atoms with E-state index in [-0.39, 0.29) is 5.92 Å². The molecule has 2 unspecified atom stereocenters. The molecule has 122 valence electrons. The van der Waals surface area contributed by atoms with Crippen molar-refractivity contribution >= 4 is 0 Å². The van der Waals surface area contributed by atoms with Crippen LogP contribution in [0.3, 0.4) is 0 Å². The molecular formula is C19H29NO2. The van der Waals surface area contributed by atoms with Crippen molar-refractivity contribution in [1.82, 2.24) is 4.90 Å². The van der Waals surface area contributed by atoms with E-state index in [9.17, 15) is 5.11 Å². The van der Waals surface area contributed by atoms with Crippen LogP contribution in [-0.2, 0) is 0 Å². The van der Waals surface area contributed by atoms with E-state index < -0.39 is 6.10 Å². The highest BCUT2D eigenvalue weighted by molar-refractivity contribution is 5.43. The van der Waals surface area contributed by atoms with Gasteiger partial charge < -0.3 is 14.7 Å². The van der Waals surface area contributed by atoms with E-state index in [1.807, 2.05) is 0 Å². The maximum atomic E-state index is 10.9. The summed E-state index contributed by atoms with van der Waals surface area (Å²) in [6.45, 7) is 10.6. The minimum atomic E-state index is -0.406. The molecule has 0 aromatic heterocycles. The summed E-state index contributed by atoms with van der Waals surface area (Å²) in [4.78, 5) is 2.53. The molecule has 22 heavy (non-hydrogen) atoms. The number of rotatable bonds is 2. The largest absolute Gasteiger partial charge is 0.493 e. The van der Waals surface area contributed by atoms with Gasteiger partial charge in [-0.3, -0.25) is 0 Å². The van der Waals surface area contributed by atoms with Gasteiger partial charge in [0.05, 0.1) is 12.7 Å². The van der Waals surface area contributed by atoms with Crippen LogP contribution in [0.2, 0.25) is 0 Å². The Morgan fingerprint density at radius 2 is 1.82 bits per heavy atom. The molecule has 0 saturated carbocycles. The van der Waals surface area contributed by atoms with E-state index in [4.69, 9.17) is 4.74 Å². The molecule has 2 atom stereocenters. The Morgan fingerprint density at radius 1 is 1.14 bits per heavy atom. The average Bonchev–Trinajstić information content (AvgIpc) is 2.63. The summed E-state index contributed by atoms with van der Waals surface area (Å²) in [5.74, 6) is 2.01. The molecule has 2 aliphatic rings. The topological polar surface area (TPSA) is 32.7 Å². The standard InChI is InChI=1S/C19H29NO2/c1-13-4-7-20(8-5-13)12-16-6-9-22-18-11-15(3)14(2)10-17(18)19(16)21/h10-11,13,16,19,21H,4-9,12H2,1-3H3. The summed E-state index contributed by atoms with van der Waals surface area (Å²) in [6, 6.07) is 4.20. The number of benzene rings is 1. The number of ether oxygens (including phenoxy) is 1. The van der Waals surface area contributed by atoms with Crippen molar-refractivity contribution in [1.29, 1.82) is 0 Å². The minimum absolute atomic E-state index is 0.275. The maximum Gasteiger partial charge on any atom is 0.125 e. The predicted octanol–water partition coefficient (Wildman–Crippen LogP) is 3.47. The van der Waals surface area contributed by atoms with Gasteiger partial charge in [-0.2, -0.15) is 0 Å². The molecule has 0 amide bonds. The number of aliphatic hydroxyl groups excluding tert-OH is 1. The summed E-state index contributed by atoms with van der Waals surface area (Å²) >= 11 is 0. The second-order valence-electron chi connectivity index (χ2n) is 7.30. The second-order valence-corrected chi connectivity index (χ2v) is 7.30. The van der Waals surface area contributed by atoms with Gasteiger partial charge in [-0.1, -0.05) is 6.92 Å². The SMILES string of the molecule is Cc1cc2c(cc1C)C(O)C(CN1CCC(C)CC1)CCO2. The second kappa shape index (κ2) is 6.59. The fourth-order valence-electron chi connectivity index (χ4n) is 3.67. The van der Waals surface area contributed by atoms with E-state index in [1.165, 1.54) is 37.1 Å². The molecule has 1 aromatic carbocycles. The Bertz CT molecular complexity index is 520. The van der Waals surface area contributed by atoms with Crippen LogP contribution in [-0.4, -0.2) is 36.2 Å². The van der Waals surface area contributed by atoms with E-state index in [0.29, 0.717) is 6.61 Å². The fraction of sp³-hybridized carbons (Fsp3) is 0.684. The molecule has 3 nitrogen and oxygen atoms in total. The first-order chi connectivity index (χ1) is 10.5. The molecule has 0 aliphatic carbocycles. The smallest absolute Gasteiger partial charge is 0.125 e. The summed E-state index contributed by atoms with van der Waals surface area (Å²) in [5, 5.41) is 10.9. The van der Waals surface area contributed by atoms with Crippen LogP contribution in [0.25, 0.3) is 0 Å². The molecule has 1 N–H and O–H groups in total. The number of aliphatic hydroxyl groups is 1. The molecule has 0 radical (unpaired) electrons. The van der Waals surface area contributed by atoms with Gasteiger partial charge in [-0.25, -0.2) is 0 Å². The molecule has 3 heteroatoms. The first-order valence-electron chi connectivity index (χ1n) is 8.69. The first-order valence-corrected chi connectivity index (χ1v) is 8.69. The van der Waals surface area contributed by atoms with E-state index >= 15 is 0 Å². The van der Waals surface area contributed by atoms with Crippen LogP contribution in [0.5, 0.6) is 5.75 Å². The first kappa shape index (κ1) is 15.8. The predicted molar refractivity (Wildman–Crippen MR) is 89.3 cm³/mol. The molecule has 3 rings (SSSR count). The number of nitrogens with zero attached hydrogens (tertiary/aromatic N) is 1. The van der Waals surface area contributed by atoms with Crippen LogP contribution in [0.1, 0.15) is 49.0 Å². The number of aryl methyl sites for hydroxylation is 2. The van der Waals surface area contributed by atoms with Crippen LogP contribution in [0, 0.1) is 25.7 Å². The van der Waals surface area contributed by atoms with Crippen LogP contribution >= 0.6 is 0 Å². The molecule has 0 bridgehead atoms. The van der Waals surface area contributed by atoms with Gasteiger partial charge in [0.25, 0.3) is 0 Å². The molecule has 1 fully saturated rings. The zero-order chi connectivity index (χ0) is 15.7. The normalized spacial score (nSPS) is 27.1. The molecular weight excluding hydrogens is 274 g/mol. The van der Waals surface area contributed by atoms with Gasteiger partial charge in [0.15, 0.2) is 0 Å². The Balaban J connectivity index is 1.74. The number of fused-ring (bicyclic) bond motifs is 1. The number of piperidine rings is 1. The summed E-state index contributed by atoms with van der Waals surface area (Å²) < 4.78 is 5.91. The highest BCUT2D eigenvalue weighted by Gasteiger charge is 2.30. The zero-order valence-corrected chi connectivity index (χ0v) is 14.1. The lowest BCUT2D eigenvalue weighted by atomic mass is 9.90. The van der Waals surface area contributed by atoms with Crippen molar-refractivity contribution in [2.75, 3.05) is 26.2 Å². The van der Waals surface area contributed by atoms with Crippen molar-refractivity contribution in [3.63, 3.8) is 0 Å². The quantitative estimate of drug-likeness (QED) is 0.908. The fourth-order valence-corrected chi connectivity index (χ4v) is 3.67. The van der Waals surface area contributed by atoms with Gasteiger partial charge in [0.2, 0.25) is 0 Å². The Labute approximate surface area is 134 Å². The lowest BCUT2D eigenvalue weighted by molar-refractivity contribution is 0.0642. The van der Waals surface area contributed by atoms with Crippen molar-refractivity contribution < 1.29 is 9.84 Å². The third-order valence-corrected chi connectivity index (χ3v) is 5.51. The summed E-state index contributed by atoms with van der Waals surface area (Å²) in [5.41, 5.74) is 3.44. The average molecular weight is 303 g/mol. The van der Waals surface area contributed by atoms with Gasteiger partial charge in [-0.05, 0) is 75.4 Å². The van der Waals surface area contributed by atoms with E-state index in [0.717, 1.165) is 30.2 Å². The van der Waals surface area contributed by atoms with Crippen molar-refractivity contribution in [3.8, 4) is 5.75 Å². The summed E-state index contributed by atoms with van der Waals surface area (Å²) in [6.07, 6.45) is 3.10. The molecule has 2 heterocycles. The summed E-state index contributed by atoms with van der Waals surface area (Å²) in [7, 11) is 0. The van der Waals surface area contributed by atoms with E-state index in [1.54, 1.807) is 0 Å². The lowest BCUT2D eigenvalue weighted by Gasteiger charge is -2.34. The van der Waals surface area contributed by atoms with Crippen LogP contribution in [0.4, 0.5) is 0 Å². The molecule has 1 aromatic rings. The Morgan fingerprint density at radius 3 is 2.55 bits per heavy atom. The maximum absolute atomic E-state index is 10.9. The van der Waals surface area contributed by atoms with Crippen molar-refractivity contribution in [2.45, 2.75) is 46.1 Å². The molecule has 1 saturated heterocycles. The number of likely N-dealkylation sites (tertiary alicyclic amines) is 1. The van der Waals surface area contributed by atoms with Gasteiger partial charge >= 0.3 is 0 Å². The Hall–Kier alpha value is -1.06. The lowest BCUT2D eigenvalue weighted by Crippen LogP contribution is -2.38. The Kier molecular flexibility index (Phi) is 4.74. The molecule has 2 aliphatic heterocycles. The monoisotopic (exact) mass is 303 g/mol. The van der Waals surface area contributed by atoms with Gasteiger partial charge in [-0.15, -0.1) is 0 Å². The third kappa shape index (κ3) is 3.31.